The number of aromatic nitrogens is 3. The Hall–Kier alpha value is -3.67. The summed E-state index contributed by atoms with van der Waals surface area (Å²) in [5, 5.41) is 2.46. The normalized spacial score (nSPS) is 17.8. The highest BCUT2D eigenvalue weighted by Crippen LogP contribution is 2.36. The van der Waals surface area contributed by atoms with Crippen molar-refractivity contribution in [2.75, 3.05) is 28.7 Å². The first-order chi connectivity index (χ1) is 16.9. The molecule has 8 nitrogen and oxygen atoms in total. The molecule has 0 unspecified atom stereocenters. The average molecular weight is 525 g/mol. The van der Waals surface area contributed by atoms with Gasteiger partial charge in [0.15, 0.2) is 0 Å². The minimum absolute atomic E-state index is 0.00897. The number of alkyl halides is 3. The molecule has 36 heavy (non-hydrogen) atoms. The number of pyridine rings is 1. The molecule has 190 valence electrons. The number of hydrogen-bond donors (Lipinski definition) is 2. The van der Waals surface area contributed by atoms with Crippen molar-refractivity contribution in [1.29, 1.82) is 0 Å². The fraction of sp³-hybridized carbons (Fsp3) is 0.304. The standard InChI is InChI=1S/C23H21ClF4N6O2/c1-12-5-14(23(26,27)28)7-20(31-12)34-10-13(21(35)32-19-9-29-11-30-19)6-18(34)22(36)33(2)15-3-4-17(25)16(24)8-15/h3-5,7-9,11,13,18H,6,10H2,1-2H3,(H,29,30)(H,32,35)/t13-,18-/m0/s1. The van der Waals surface area contributed by atoms with E-state index < -0.39 is 41.3 Å². The number of rotatable bonds is 5. The molecule has 1 aliphatic rings. The van der Waals surface area contributed by atoms with Crippen molar-refractivity contribution >= 4 is 40.7 Å². The van der Waals surface area contributed by atoms with Gasteiger partial charge in [-0.25, -0.2) is 14.4 Å². The molecule has 1 saturated heterocycles. The molecule has 13 heteroatoms. The summed E-state index contributed by atoms with van der Waals surface area (Å²) >= 11 is 5.86. The van der Waals surface area contributed by atoms with Gasteiger partial charge in [0.25, 0.3) is 0 Å². The number of aryl methyl sites for hydroxylation is 1. The average Bonchev–Trinajstić information content (AvgIpc) is 3.49. The third-order valence-electron chi connectivity index (χ3n) is 5.90. The maximum absolute atomic E-state index is 13.6. The number of benzene rings is 1. The molecule has 0 bridgehead atoms. The molecule has 2 amide bonds. The predicted molar refractivity (Wildman–Crippen MR) is 125 cm³/mol. The molecule has 2 aromatic heterocycles. The van der Waals surface area contributed by atoms with Crippen LogP contribution in [0.2, 0.25) is 5.02 Å². The zero-order valence-corrected chi connectivity index (χ0v) is 19.9. The van der Waals surface area contributed by atoms with E-state index >= 15 is 0 Å². The molecule has 3 aromatic rings. The number of halogens is 5. The van der Waals surface area contributed by atoms with Gasteiger partial charge >= 0.3 is 6.18 Å². The lowest BCUT2D eigenvalue weighted by atomic mass is 10.0. The number of anilines is 3. The number of likely N-dealkylation sites (N-methyl/N-ethyl adjacent to an activating group) is 1. The van der Waals surface area contributed by atoms with Crippen LogP contribution >= 0.6 is 11.6 Å². The van der Waals surface area contributed by atoms with Crippen LogP contribution in [0.5, 0.6) is 0 Å². The molecule has 0 spiro atoms. The largest absolute Gasteiger partial charge is 0.416 e. The molecule has 0 radical (unpaired) electrons. The van der Waals surface area contributed by atoms with Crippen LogP contribution in [-0.2, 0) is 15.8 Å². The number of aromatic amines is 1. The maximum atomic E-state index is 13.6. The van der Waals surface area contributed by atoms with E-state index in [-0.39, 0.29) is 35.2 Å². The molecular formula is C23H21ClF4N6O2. The fourth-order valence-corrected chi connectivity index (χ4v) is 4.25. The Morgan fingerprint density at radius 3 is 2.64 bits per heavy atom. The quantitative estimate of drug-likeness (QED) is 0.482. The summed E-state index contributed by atoms with van der Waals surface area (Å²) < 4.78 is 54.1. The first-order valence-electron chi connectivity index (χ1n) is 10.8. The van der Waals surface area contributed by atoms with Crippen molar-refractivity contribution in [1.82, 2.24) is 15.0 Å². The van der Waals surface area contributed by atoms with E-state index in [0.29, 0.717) is 5.82 Å². The monoisotopic (exact) mass is 524 g/mol. The molecular weight excluding hydrogens is 504 g/mol. The van der Waals surface area contributed by atoms with E-state index in [1.165, 1.54) is 48.4 Å². The Kier molecular flexibility index (Phi) is 6.90. The van der Waals surface area contributed by atoms with E-state index in [1.807, 2.05) is 0 Å². The van der Waals surface area contributed by atoms with E-state index in [4.69, 9.17) is 11.6 Å². The van der Waals surface area contributed by atoms with Crippen molar-refractivity contribution in [3.8, 4) is 0 Å². The van der Waals surface area contributed by atoms with Crippen molar-refractivity contribution in [2.45, 2.75) is 25.6 Å². The van der Waals surface area contributed by atoms with Crippen LogP contribution in [0.15, 0.2) is 42.9 Å². The third-order valence-corrected chi connectivity index (χ3v) is 6.19. The van der Waals surface area contributed by atoms with Gasteiger partial charge in [0.1, 0.15) is 23.5 Å². The molecule has 1 fully saturated rings. The Morgan fingerprint density at radius 2 is 2.00 bits per heavy atom. The lowest BCUT2D eigenvalue weighted by Gasteiger charge is -2.29. The van der Waals surface area contributed by atoms with Gasteiger partial charge in [0.2, 0.25) is 11.8 Å². The van der Waals surface area contributed by atoms with Gasteiger partial charge in [-0.2, -0.15) is 13.2 Å². The highest BCUT2D eigenvalue weighted by atomic mass is 35.5. The summed E-state index contributed by atoms with van der Waals surface area (Å²) in [7, 11) is 1.44. The zero-order valence-electron chi connectivity index (χ0n) is 19.1. The lowest BCUT2D eigenvalue weighted by Crippen LogP contribution is -2.44. The van der Waals surface area contributed by atoms with Crippen LogP contribution in [0, 0.1) is 18.7 Å². The summed E-state index contributed by atoms with van der Waals surface area (Å²) in [6.07, 6.45) is -1.84. The summed E-state index contributed by atoms with van der Waals surface area (Å²) in [5.41, 5.74) is -0.528. The van der Waals surface area contributed by atoms with Gasteiger partial charge in [-0.1, -0.05) is 11.6 Å². The number of carbonyl (C=O) groups excluding carboxylic acids is 2. The van der Waals surface area contributed by atoms with E-state index in [1.54, 1.807) is 0 Å². The zero-order chi connectivity index (χ0) is 26.2. The highest BCUT2D eigenvalue weighted by Gasteiger charge is 2.43. The summed E-state index contributed by atoms with van der Waals surface area (Å²) in [6.45, 7) is 1.36. The molecule has 2 atom stereocenters. The second-order valence-electron chi connectivity index (χ2n) is 8.40. The van der Waals surface area contributed by atoms with Gasteiger partial charge in [0, 0.05) is 25.0 Å². The number of nitrogens with one attached hydrogen (secondary N) is 2. The first kappa shape index (κ1) is 25.4. The third kappa shape index (κ3) is 5.27. The van der Waals surface area contributed by atoms with Crippen LogP contribution in [0.25, 0.3) is 0 Å². The van der Waals surface area contributed by atoms with Gasteiger partial charge in [0.05, 0.1) is 29.0 Å². The first-order valence-corrected chi connectivity index (χ1v) is 11.2. The lowest BCUT2D eigenvalue weighted by molar-refractivity contribution is -0.137. The van der Waals surface area contributed by atoms with Crippen LogP contribution in [0.3, 0.4) is 0 Å². The molecule has 1 aliphatic heterocycles. The Labute approximate surface area is 208 Å². The Bertz CT molecular complexity index is 1280. The summed E-state index contributed by atoms with van der Waals surface area (Å²) in [6, 6.07) is 4.47. The smallest absolute Gasteiger partial charge is 0.344 e. The number of amides is 2. The van der Waals surface area contributed by atoms with E-state index in [2.05, 4.69) is 20.3 Å². The second kappa shape index (κ2) is 9.76. The van der Waals surface area contributed by atoms with Crippen molar-refractivity contribution in [2.24, 2.45) is 5.92 Å². The minimum atomic E-state index is -4.62. The number of H-pyrrole nitrogens is 1. The number of imidazole rings is 1. The van der Waals surface area contributed by atoms with Gasteiger partial charge in [-0.3, -0.25) is 9.59 Å². The Morgan fingerprint density at radius 1 is 1.25 bits per heavy atom. The number of carbonyl (C=O) groups is 2. The topological polar surface area (TPSA) is 94.2 Å². The number of nitrogens with zero attached hydrogens (tertiary/aromatic N) is 4. The minimum Gasteiger partial charge on any atom is -0.344 e. The molecule has 2 N–H and O–H groups in total. The van der Waals surface area contributed by atoms with Gasteiger partial charge in [-0.15, -0.1) is 0 Å². The van der Waals surface area contributed by atoms with Gasteiger partial charge in [-0.05, 0) is 43.7 Å². The van der Waals surface area contributed by atoms with Crippen molar-refractivity contribution in [3.63, 3.8) is 0 Å². The maximum Gasteiger partial charge on any atom is 0.416 e. The second-order valence-corrected chi connectivity index (χ2v) is 8.81. The predicted octanol–water partition coefficient (Wildman–Crippen LogP) is 4.42. The molecule has 3 heterocycles. The fourth-order valence-electron chi connectivity index (χ4n) is 4.08. The van der Waals surface area contributed by atoms with Crippen LogP contribution in [0.4, 0.5) is 34.9 Å². The van der Waals surface area contributed by atoms with Crippen LogP contribution < -0.4 is 15.1 Å². The van der Waals surface area contributed by atoms with Crippen LogP contribution in [0.1, 0.15) is 17.7 Å². The molecule has 4 rings (SSSR count). The molecule has 1 aromatic carbocycles. The molecule has 0 aliphatic carbocycles. The summed E-state index contributed by atoms with van der Waals surface area (Å²) in [4.78, 5) is 39.8. The summed E-state index contributed by atoms with van der Waals surface area (Å²) in [5.74, 6) is -2.11. The van der Waals surface area contributed by atoms with Gasteiger partial charge < -0.3 is 20.1 Å². The number of hydrogen-bond acceptors (Lipinski definition) is 5. The van der Waals surface area contributed by atoms with Crippen molar-refractivity contribution < 1.29 is 27.2 Å². The van der Waals surface area contributed by atoms with E-state index in [9.17, 15) is 27.2 Å². The van der Waals surface area contributed by atoms with Crippen molar-refractivity contribution in [3.05, 3.63) is 65.0 Å². The highest BCUT2D eigenvalue weighted by molar-refractivity contribution is 6.31. The SMILES string of the molecule is Cc1cc(C(F)(F)F)cc(N2C[C@@H](C(=O)Nc3cnc[nH]3)C[C@H]2C(=O)N(C)c2ccc(F)c(Cl)c2)n1. The van der Waals surface area contributed by atoms with E-state index in [0.717, 1.165) is 18.2 Å². The van der Waals surface area contributed by atoms with Crippen LogP contribution in [-0.4, -0.2) is 46.4 Å². The molecule has 0 saturated carbocycles. The Balaban J connectivity index is 1.68.